The number of rotatable bonds is 6. The Labute approximate surface area is 202 Å². The average Bonchev–Trinajstić information content (AvgIpc) is 3.28. The second kappa shape index (κ2) is 9.87. The topological polar surface area (TPSA) is 70.8 Å². The zero-order chi connectivity index (χ0) is 23.5. The summed E-state index contributed by atoms with van der Waals surface area (Å²) >= 11 is 1.43. The molecule has 0 spiro atoms. The Bertz CT molecular complexity index is 1360. The third-order valence-corrected chi connectivity index (χ3v) is 7.20. The van der Waals surface area contributed by atoms with Crippen molar-refractivity contribution in [2.45, 2.75) is 26.3 Å². The van der Waals surface area contributed by atoms with E-state index in [0.29, 0.717) is 31.0 Å². The minimum Gasteiger partial charge on any atom is -0.340 e. The van der Waals surface area contributed by atoms with Crippen LogP contribution in [0.4, 0.5) is 0 Å². The summed E-state index contributed by atoms with van der Waals surface area (Å²) in [6.45, 7) is 5.58. The van der Waals surface area contributed by atoms with E-state index in [1.165, 1.54) is 21.4 Å². The predicted octanol–water partition coefficient (Wildman–Crippen LogP) is 3.40. The summed E-state index contributed by atoms with van der Waals surface area (Å²) < 4.78 is 1.39. The van der Waals surface area contributed by atoms with Crippen molar-refractivity contribution in [2.75, 3.05) is 26.2 Å². The zero-order valence-electron chi connectivity index (χ0n) is 19.2. The summed E-state index contributed by atoms with van der Waals surface area (Å²) in [5, 5.41) is 5.30. The van der Waals surface area contributed by atoms with Gasteiger partial charge in [0.15, 0.2) is 0 Å². The van der Waals surface area contributed by atoms with Gasteiger partial charge in [0.05, 0.1) is 5.69 Å². The number of carbonyl (C=O) groups is 1. The van der Waals surface area contributed by atoms with Gasteiger partial charge in [0.25, 0.3) is 5.56 Å². The van der Waals surface area contributed by atoms with Gasteiger partial charge in [-0.25, -0.2) is 4.98 Å². The van der Waals surface area contributed by atoms with Crippen molar-refractivity contribution in [3.8, 4) is 10.6 Å². The van der Waals surface area contributed by atoms with Crippen molar-refractivity contribution in [1.29, 1.82) is 0 Å². The normalized spacial score (nSPS) is 14.6. The molecule has 1 amide bonds. The number of hydrogen-bond acceptors (Lipinski definition) is 6. The van der Waals surface area contributed by atoms with E-state index in [-0.39, 0.29) is 11.5 Å². The first-order valence-corrected chi connectivity index (χ1v) is 12.4. The van der Waals surface area contributed by atoms with Gasteiger partial charge in [0.1, 0.15) is 5.01 Å². The third-order valence-electron chi connectivity index (χ3n) is 6.25. The molecule has 1 saturated heterocycles. The number of amides is 1. The van der Waals surface area contributed by atoms with Gasteiger partial charge in [0, 0.05) is 50.8 Å². The van der Waals surface area contributed by atoms with E-state index in [9.17, 15) is 9.59 Å². The van der Waals surface area contributed by atoms with Crippen LogP contribution in [-0.4, -0.2) is 56.5 Å². The molecule has 34 heavy (non-hydrogen) atoms. The smallest absolute Gasteiger partial charge is 0.275 e. The predicted molar refractivity (Wildman–Crippen MR) is 134 cm³/mol. The fourth-order valence-corrected chi connectivity index (χ4v) is 5.31. The van der Waals surface area contributed by atoms with Gasteiger partial charge in [-0.2, -0.15) is 9.61 Å². The van der Waals surface area contributed by atoms with E-state index >= 15 is 0 Å². The van der Waals surface area contributed by atoms with Gasteiger partial charge in [-0.1, -0.05) is 65.9 Å². The molecule has 0 aliphatic carbocycles. The van der Waals surface area contributed by atoms with Crippen LogP contribution in [0.2, 0.25) is 0 Å². The molecule has 0 N–H and O–H groups in total. The Kier molecular flexibility index (Phi) is 6.51. The number of carbonyl (C=O) groups excluding carboxylic acids is 1. The van der Waals surface area contributed by atoms with Gasteiger partial charge in [-0.15, -0.1) is 0 Å². The SMILES string of the molecule is Cc1ccccc1-c1nn2c(=O)cc(CN3CCN(C(=O)CCc4ccccc4)CC3)nc2s1. The molecular formula is C26H27N5O2S. The number of aryl methyl sites for hydroxylation is 2. The van der Waals surface area contributed by atoms with Crippen LogP contribution >= 0.6 is 11.3 Å². The number of fused-ring (bicyclic) bond motifs is 1. The summed E-state index contributed by atoms with van der Waals surface area (Å²) in [5.74, 6) is 0.203. The molecule has 0 saturated carbocycles. The van der Waals surface area contributed by atoms with Crippen molar-refractivity contribution in [3.63, 3.8) is 0 Å². The van der Waals surface area contributed by atoms with Crippen LogP contribution in [0.1, 0.15) is 23.2 Å². The van der Waals surface area contributed by atoms with E-state index in [1.807, 2.05) is 54.3 Å². The molecule has 174 valence electrons. The van der Waals surface area contributed by atoms with Gasteiger partial charge in [0.2, 0.25) is 10.9 Å². The van der Waals surface area contributed by atoms with Crippen molar-refractivity contribution in [1.82, 2.24) is 24.4 Å². The van der Waals surface area contributed by atoms with Gasteiger partial charge in [-0.3, -0.25) is 14.5 Å². The van der Waals surface area contributed by atoms with Crippen molar-refractivity contribution < 1.29 is 4.79 Å². The van der Waals surface area contributed by atoms with Crippen LogP contribution in [0.15, 0.2) is 65.5 Å². The standard InChI is InChI=1S/C26H27N5O2S/c1-19-7-5-6-10-22(19)25-28-31-24(33)17-21(27-26(31)34-25)18-29-13-15-30(16-14-29)23(32)12-11-20-8-3-2-4-9-20/h2-10,17H,11-16,18H2,1H3. The molecule has 3 heterocycles. The maximum Gasteiger partial charge on any atom is 0.275 e. The number of aromatic nitrogens is 3. The molecule has 5 rings (SSSR count). The monoisotopic (exact) mass is 473 g/mol. The molecule has 8 heteroatoms. The lowest BCUT2D eigenvalue weighted by Gasteiger charge is -2.34. The minimum absolute atomic E-state index is 0.161. The van der Waals surface area contributed by atoms with Crippen LogP contribution in [0.25, 0.3) is 15.5 Å². The third kappa shape index (κ3) is 4.93. The zero-order valence-corrected chi connectivity index (χ0v) is 20.0. The fourth-order valence-electron chi connectivity index (χ4n) is 4.30. The summed E-state index contributed by atoms with van der Waals surface area (Å²) in [7, 11) is 0. The number of hydrogen-bond donors (Lipinski definition) is 0. The van der Waals surface area contributed by atoms with Crippen LogP contribution in [0.3, 0.4) is 0 Å². The Balaban J connectivity index is 1.21. The molecule has 1 aliphatic rings. The highest BCUT2D eigenvalue weighted by Crippen LogP contribution is 2.27. The van der Waals surface area contributed by atoms with Crippen molar-refractivity contribution >= 4 is 22.2 Å². The second-order valence-corrected chi connectivity index (χ2v) is 9.60. The molecule has 2 aromatic heterocycles. The van der Waals surface area contributed by atoms with Gasteiger partial charge in [-0.05, 0) is 24.5 Å². The molecular weight excluding hydrogens is 446 g/mol. The molecule has 4 aromatic rings. The number of benzene rings is 2. The Hall–Kier alpha value is -3.36. The average molecular weight is 474 g/mol. The molecule has 0 bridgehead atoms. The Morgan fingerprint density at radius 1 is 1.00 bits per heavy atom. The van der Waals surface area contributed by atoms with Crippen LogP contribution in [0.5, 0.6) is 0 Å². The Morgan fingerprint density at radius 3 is 2.50 bits per heavy atom. The molecule has 0 radical (unpaired) electrons. The highest BCUT2D eigenvalue weighted by molar-refractivity contribution is 7.19. The van der Waals surface area contributed by atoms with Crippen LogP contribution in [0, 0.1) is 6.92 Å². The first-order valence-electron chi connectivity index (χ1n) is 11.6. The number of nitrogens with zero attached hydrogens (tertiary/aromatic N) is 5. The lowest BCUT2D eigenvalue weighted by molar-refractivity contribution is -0.133. The summed E-state index contributed by atoms with van der Waals surface area (Å²) in [5.41, 5.74) is 3.91. The maximum absolute atomic E-state index is 12.7. The van der Waals surface area contributed by atoms with Gasteiger partial charge >= 0.3 is 0 Å². The lowest BCUT2D eigenvalue weighted by Crippen LogP contribution is -2.48. The molecule has 1 aliphatic heterocycles. The molecule has 2 aromatic carbocycles. The van der Waals surface area contributed by atoms with Crippen molar-refractivity contribution in [3.05, 3.63) is 87.8 Å². The largest absolute Gasteiger partial charge is 0.340 e. The van der Waals surface area contributed by atoms with Crippen molar-refractivity contribution in [2.24, 2.45) is 0 Å². The Morgan fingerprint density at radius 2 is 1.74 bits per heavy atom. The molecule has 0 atom stereocenters. The first kappa shape index (κ1) is 22.4. The van der Waals surface area contributed by atoms with E-state index in [1.54, 1.807) is 6.07 Å². The highest BCUT2D eigenvalue weighted by Gasteiger charge is 2.22. The maximum atomic E-state index is 12.7. The van der Waals surface area contributed by atoms with E-state index in [2.05, 4.69) is 22.1 Å². The molecule has 0 unspecified atom stereocenters. The van der Waals surface area contributed by atoms with E-state index < -0.39 is 0 Å². The van der Waals surface area contributed by atoms with E-state index in [0.717, 1.165) is 41.3 Å². The quantitative estimate of drug-likeness (QED) is 0.429. The fraction of sp³-hybridized carbons (Fsp3) is 0.308. The highest BCUT2D eigenvalue weighted by atomic mass is 32.1. The number of piperazine rings is 1. The molecule has 7 nitrogen and oxygen atoms in total. The van der Waals surface area contributed by atoms with Gasteiger partial charge < -0.3 is 4.90 Å². The molecule has 1 fully saturated rings. The minimum atomic E-state index is -0.161. The summed E-state index contributed by atoms with van der Waals surface area (Å²) in [6.07, 6.45) is 1.31. The summed E-state index contributed by atoms with van der Waals surface area (Å²) in [4.78, 5) is 34.8. The first-order chi connectivity index (χ1) is 16.6. The summed E-state index contributed by atoms with van der Waals surface area (Å²) in [6, 6.07) is 19.7. The van der Waals surface area contributed by atoms with Crippen LogP contribution < -0.4 is 5.56 Å². The van der Waals surface area contributed by atoms with Crippen LogP contribution in [-0.2, 0) is 17.8 Å². The second-order valence-electron chi connectivity index (χ2n) is 8.64. The van der Waals surface area contributed by atoms with E-state index in [4.69, 9.17) is 4.98 Å². The lowest BCUT2D eigenvalue weighted by atomic mass is 10.1.